The van der Waals surface area contributed by atoms with Crippen molar-refractivity contribution < 1.29 is 9.53 Å². The molecular formula is C19H28N2O2. The molecule has 3 rings (SSSR count). The number of rotatable bonds is 6. The first-order valence-electron chi connectivity index (χ1n) is 8.95. The highest BCUT2D eigenvalue weighted by Crippen LogP contribution is 2.30. The SMILES string of the molecule is CC(=O)N1CCCC1C1CCCN1CCCOc1ccccc1. The molecule has 2 aliphatic rings. The Morgan fingerprint density at radius 1 is 1.13 bits per heavy atom. The van der Waals surface area contributed by atoms with Crippen LogP contribution in [0.1, 0.15) is 39.0 Å². The fourth-order valence-electron chi connectivity index (χ4n) is 4.12. The average Bonchev–Trinajstić information content (AvgIpc) is 3.21. The molecule has 0 aliphatic carbocycles. The van der Waals surface area contributed by atoms with E-state index in [2.05, 4.69) is 9.80 Å². The topological polar surface area (TPSA) is 32.8 Å². The summed E-state index contributed by atoms with van der Waals surface area (Å²) in [5.74, 6) is 1.19. The van der Waals surface area contributed by atoms with E-state index in [1.54, 1.807) is 6.92 Å². The Morgan fingerprint density at radius 3 is 2.65 bits per heavy atom. The van der Waals surface area contributed by atoms with Gasteiger partial charge in [-0.05, 0) is 50.8 Å². The summed E-state index contributed by atoms with van der Waals surface area (Å²) in [5, 5.41) is 0. The molecule has 23 heavy (non-hydrogen) atoms. The number of carbonyl (C=O) groups excluding carboxylic acids is 1. The maximum atomic E-state index is 11.8. The second-order valence-corrected chi connectivity index (χ2v) is 6.68. The zero-order chi connectivity index (χ0) is 16.1. The second kappa shape index (κ2) is 7.82. The van der Waals surface area contributed by atoms with Gasteiger partial charge in [0, 0.05) is 32.1 Å². The number of carbonyl (C=O) groups is 1. The molecule has 0 aromatic heterocycles. The van der Waals surface area contributed by atoms with Gasteiger partial charge in [0.1, 0.15) is 5.75 Å². The Kier molecular flexibility index (Phi) is 5.55. The van der Waals surface area contributed by atoms with E-state index >= 15 is 0 Å². The Morgan fingerprint density at radius 2 is 1.87 bits per heavy atom. The Balaban J connectivity index is 1.46. The number of likely N-dealkylation sites (tertiary alicyclic amines) is 2. The van der Waals surface area contributed by atoms with Crippen molar-refractivity contribution in [3.8, 4) is 5.75 Å². The first-order valence-corrected chi connectivity index (χ1v) is 8.95. The Labute approximate surface area is 139 Å². The predicted molar refractivity (Wildman–Crippen MR) is 91.6 cm³/mol. The van der Waals surface area contributed by atoms with E-state index in [1.165, 1.54) is 19.3 Å². The fraction of sp³-hybridized carbons (Fsp3) is 0.632. The van der Waals surface area contributed by atoms with Crippen molar-refractivity contribution >= 4 is 5.91 Å². The van der Waals surface area contributed by atoms with Crippen molar-refractivity contribution in [2.24, 2.45) is 0 Å². The molecule has 2 heterocycles. The highest BCUT2D eigenvalue weighted by atomic mass is 16.5. The van der Waals surface area contributed by atoms with Crippen LogP contribution in [0.25, 0.3) is 0 Å². The summed E-state index contributed by atoms with van der Waals surface area (Å²) in [4.78, 5) is 16.5. The second-order valence-electron chi connectivity index (χ2n) is 6.68. The highest BCUT2D eigenvalue weighted by molar-refractivity contribution is 5.74. The van der Waals surface area contributed by atoms with Gasteiger partial charge in [-0.3, -0.25) is 9.69 Å². The summed E-state index contributed by atoms with van der Waals surface area (Å²) in [6.07, 6.45) is 5.85. The summed E-state index contributed by atoms with van der Waals surface area (Å²) in [6.45, 7) is 5.65. The Hall–Kier alpha value is -1.55. The van der Waals surface area contributed by atoms with Gasteiger partial charge >= 0.3 is 0 Å². The predicted octanol–water partition coefficient (Wildman–Crippen LogP) is 2.93. The summed E-state index contributed by atoms with van der Waals surface area (Å²) in [6, 6.07) is 11.0. The van der Waals surface area contributed by atoms with Gasteiger partial charge in [0.15, 0.2) is 0 Å². The van der Waals surface area contributed by atoms with Crippen LogP contribution in [0.4, 0.5) is 0 Å². The van der Waals surface area contributed by atoms with Gasteiger partial charge in [0.2, 0.25) is 5.91 Å². The van der Waals surface area contributed by atoms with Crippen molar-refractivity contribution in [2.45, 2.75) is 51.1 Å². The van der Waals surface area contributed by atoms with Crippen molar-refractivity contribution in [1.82, 2.24) is 9.80 Å². The molecule has 2 saturated heterocycles. The third kappa shape index (κ3) is 4.05. The third-order valence-electron chi connectivity index (χ3n) is 5.16. The van der Waals surface area contributed by atoms with Crippen LogP contribution >= 0.6 is 0 Å². The lowest BCUT2D eigenvalue weighted by Crippen LogP contribution is -2.48. The van der Waals surface area contributed by atoms with Crippen LogP contribution in [-0.2, 0) is 4.79 Å². The first kappa shape index (κ1) is 16.3. The van der Waals surface area contributed by atoms with Crippen molar-refractivity contribution in [2.75, 3.05) is 26.2 Å². The lowest BCUT2D eigenvalue weighted by molar-refractivity contribution is -0.130. The summed E-state index contributed by atoms with van der Waals surface area (Å²) < 4.78 is 5.79. The fourth-order valence-corrected chi connectivity index (χ4v) is 4.12. The lowest BCUT2D eigenvalue weighted by atomic mass is 10.0. The van der Waals surface area contributed by atoms with Crippen LogP contribution in [-0.4, -0.2) is 54.0 Å². The number of hydrogen-bond acceptors (Lipinski definition) is 3. The van der Waals surface area contributed by atoms with Gasteiger partial charge in [-0.25, -0.2) is 0 Å². The molecule has 4 nitrogen and oxygen atoms in total. The molecule has 2 atom stereocenters. The number of benzene rings is 1. The normalized spacial score (nSPS) is 25.0. The smallest absolute Gasteiger partial charge is 0.219 e. The van der Waals surface area contributed by atoms with Crippen molar-refractivity contribution in [3.63, 3.8) is 0 Å². The molecule has 0 N–H and O–H groups in total. The van der Waals surface area contributed by atoms with Crippen LogP contribution in [0.2, 0.25) is 0 Å². The Bertz CT molecular complexity index is 505. The molecule has 1 amide bonds. The molecule has 2 fully saturated rings. The molecule has 2 unspecified atom stereocenters. The first-order chi connectivity index (χ1) is 11.3. The van der Waals surface area contributed by atoms with Gasteiger partial charge in [0.05, 0.1) is 6.61 Å². The van der Waals surface area contributed by atoms with E-state index in [4.69, 9.17) is 4.74 Å². The van der Waals surface area contributed by atoms with Crippen LogP contribution < -0.4 is 4.74 Å². The minimum atomic E-state index is 0.242. The summed E-state index contributed by atoms with van der Waals surface area (Å²) in [7, 11) is 0. The van der Waals surface area contributed by atoms with Gasteiger partial charge in [0.25, 0.3) is 0 Å². The molecule has 0 saturated carbocycles. The van der Waals surface area contributed by atoms with E-state index in [1.807, 2.05) is 30.3 Å². The van der Waals surface area contributed by atoms with Crippen LogP contribution in [0.5, 0.6) is 5.75 Å². The molecule has 0 bridgehead atoms. The van der Waals surface area contributed by atoms with Gasteiger partial charge in [-0.2, -0.15) is 0 Å². The van der Waals surface area contributed by atoms with E-state index in [-0.39, 0.29) is 5.91 Å². The van der Waals surface area contributed by atoms with Gasteiger partial charge in [-0.15, -0.1) is 0 Å². The zero-order valence-corrected chi connectivity index (χ0v) is 14.1. The van der Waals surface area contributed by atoms with Crippen LogP contribution in [0, 0.1) is 0 Å². The van der Waals surface area contributed by atoms with Crippen LogP contribution in [0.3, 0.4) is 0 Å². The number of hydrogen-bond donors (Lipinski definition) is 0. The van der Waals surface area contributed by atoms with E-state index in [0.29, 0.717) is 12.1 Å². The van der Waals surface area contributed by atoms with E-state index < -0.39 is 0 Å². The standard InChI is InChI=1S/C19H28N2O2/c1-16(22)21-14-6-11-19(21)18-10-5-12-20(18)13-7-15-23-17-8-3-2-4-9-17/h2-4,8-9,18-19H,5-7,10-15H2,1H3. The molecule has 1 aromatic rings. The third-order valence-corrected chi connectivity index (χ3v) is 5.16. The van der Waals surface area contributed by atoms with Gasteiger partial charge < -0.3 is 9.64 Å². The number of amides is 1. The molecule has 0 radical (unpaired) electrons. The van der Waals surface area contributed by atoms with Crippen LogP contribution in [0.15, 0.2) is 30.3 Å². The minimum Gasteiger partial charge on any atom is -0.494 e. The minimum absolute atomic E-state index is 0.242. The lowest BCUT2D eigenvalue weighted by Gasteiger charge is -2.34. The van der Waals surface area contributed by atoms with E-state index in [0.717, 1.165) is 44.8 Å². The van der Waals surface area contributed by atoms with Gasteiger partial charge in [-0.1, -0.05) is 18.2 Å². The number of para-hydroxylation sites is 1. The van der Waals surface area contributed by atoms with E-state index in [9.17, 15) is 4.79 Å². The molecule has 126 valence electrons. The molecule has 1 aromatic carbocycles. The monoisotopic (exact) mass is 316 g/mol. The molecular weight excluding hydrogens is 288 g/mol. The molecule has 0 spiro atoms. The van der Waals surface area contributed by atoms with Crippen molar-refractivity contribution in [3.05, 3.63) is 30.3 Å². The largest absolute Gasteiger partial charge is 0.494 e. The number of nitrogens with zero attached hydrogens (tertiary/aromatic N) is 2. The number of ether oxygens (including phenoxy) is 1. The maximum absolute atomic E-state index is 11.8. The van der Waals surface area contributed by atoms with Crippen molar-refractivity contribution in [1.29, 1.82) is 0 Å². The summed E-state index contributed by atoms with van der Waals surface area (Å²) >= 11 is 0. The molecule has 2 aliphatic heterocycles. The highest BCUT2D eigenvalue weighted by Gasteiger charge is 2.38. The maximum Gasteiger partial charge on any atom is 0.219 e. The zero-order valence-electron chi connectivity index (χ0n) is 14.1. The molecule has 4 heteroatoms. The summed E-state index contributed by atoms with van der Waals surface area (Å²) in [5.41, 5.74) is 0. The quantitative estimate of drug-likeness (QED) is 0.757. The average molecular weight is 316 g/mol.